The second-order valence-electron chi connectivity index (χ2n) is 4.17. The minimum atomic E-state index is 0.381. The molecule has 17 heavy (non-hydrogen) atoms. The average Bonchev–Trinajstić information content (AvgIpc) is 2.39. The van der Waals surface area contributed by atoms with Crippen molar-refractivity contribution in [3.63, 3.8) is 0 Å². The zero-order chi connectivity index (χ0) is 12.3. The van der Waals surface area contributed by atoms with Crippen molar-refractivity contribution in [1.82, 2.24) is 15.0 Å². The topological polar surface area (TPSA) is 50.7 Å². The molecule has 0 spiro atoms. The lowest BCUT2D eigenvalue weighted by Crippen LogP contribution is -1.97. The third-order valence-electron chi connectivity index (χ3n) is 2.56. The van der Waals surface area contributed by atoms with Gasteiger partial charge in [-0.1, -0.05) is 13.8 Å². The van der Waals surface area contributed by atoms with Crippen LogP contribution in [0.4, 0.5) is 5.82 Å². The van der Waals surface area contributed by atoms with Crippen LogP contribution in [0.5, 0.6) is 0 Å². The number of nitrogens with zero attached hydrogens (tertiary/aromatic N) is 3. The van der Waals surface area contributed by atoms with E-state index in [9.17, 15) is 0 Å². The van der Waals surface area contributed by atoms with Gasteiger partial charge in [0.2, 0.25) is 0 Å². The molecule has 2 heterocycles. The number of pyridine rings is 1. The normalized spacial score (nSPS) is 10.6. The Morgan fingerprint density at radius 3 is 2.53 bits per heavy atom. The Hall–Kier alpha value is -1.97. The SMILES string of the molecule is CNc1ccc(-c2cncc(C(C)C)n2)cn1. The Kier molecular flexibility index (Phi) is 3.32. The summed E-state index contributed by atoms with van der Waals surface area (Å²) < 4.78 is 0. The largest absolute Gasteiger partial charge is 0.373 e. The molecule has 1 N–H and O–H groups in total. The number of hydrogen-bond acceptors (Lipinski definition) is 4. The highest BCUT2D eigenvalue weighted by Crippen LogP contribution is 2.19. The summed E-state index contributed by atoms with van der Waals surface area (Å²) >= 11 is 0. The van der Waals surface area contributed by atoms with Gasteiger partial charge in [0, 0.05) is 25.0 Å². The summed E-state index contributed by atoms with van der Waals surface area (Å²) in [5.41, 5.74) is 2.85. The van der Waals surface area contributed by atoms with Gasteiger partial charge in [-0.2, -0.15) is 0 Å². The molecule has 0 aliphatic rings. The minimum Gasteiger partial charge on any atom is -0.373 e. The molecule has 0 aromatic carbocycles. The molecule has 2 aromatic rings. The first-order valence-corrected chi connectivity index (χ1v) is 5.67. The Balaban J connectivity index is 2.35. The fourth-order valence-electron chi connectivity index (χ4n) is 1.49. The first-order chi connectivity index (χ1) is 8.20. The Bertz CT molecular complexity index is 491. The first kappa shape index (κ1) is 11.5. The lowest BCUT2D eigenvalue weighted by molar-refractivity contribution is 0.814. The Morgan fingerprint density at radius 1 is 1.12 bits per heavy atom. The Labute approximate surface area is 101 Å². The molecule has 0 aliphatic carbocycles. The highest BCUT2D eigenvalue weighted by molar-refractivity contribution is 5.58. The molecule has 4 nitrogen and oxygen atoms in total. The van der Waals surface area contributed by atoms with Gasteiger partial charge in [-0.15, -0.1) is 0 Å². The van der Waals surface area contributed by atoms with Crippen molar-refractivity contribution in [2.24, 2.45) is 0 Å². The molecule has 0 unspecified atom stereocenters. The predicted octanol–water partition coefficient (Wildman–Crippen LogP) is 2.70. The Morgan fingerprint density at radius 2 is 1.94 bits per heavy atom. The van der Waals surface area contributed by atoms with Crippen molar-refractivity contribution in [2.45, 2.75) is 19.8 Å². The van der Waals surface area contributed by atoms with Gasteiger partial charge in [-0.05, 0) is 18.1 Å². The van der Waals surface area contributed by atoms with Gasteiger partial charge in [0.05, 0.1) is 17.6 Å². The summed E-state index contributed by atoms with van der Waals surface area (Å²) in [6, 6.07) is 3.92. The highest BCUT2D eigenvalue weighted by Gasteiger charge is 2.05. The maximum atomic E-state index is 4.58. The van der Waals surface area contributed by atoms with Crippen molar-refractivity contribution < 1.29 is 0 Å². The van der Waals surface area contributed by atoms with Gasteiger partial charge >= 0.3 is 0 Å². The van der Waals surface area contributed by atoms with Crippen molar-refractivity contribution in [1.29, 1.82) is 0 Å². The lowest BCUT2D eigenvalue weighted by atomic mass is 10.1. The second-order valence-corrected chi connectivity index (χ2v) is 4.17. The molecule has 0 saturated carbocycles. The molecular weight excluding hydrogens is 212 g/mol. The van der Waals surface area contributed by atoms with Crippen LogP contribution in [0.15, 0.2) is 30.7 Å². The molecule has 0 amide bonds. The molecule has 0 aliphatic heterocycles. The van der Waals surface area contributed by atoms with Gasteiger partial charge in [-0.25, -0.2) is 9.97 Å². The number of aromatic nitrogens is 3. The van der Waals surface area contributed by atoms with Gasteiger partial charge in [0.25, 0.3) is 0 Å². The third-order valence-corrected chi connectivity index (χ3v) is 2.56. The number of nitrogens with one attached hydrogen (secondary N) is 1. The fourth-order valence-corrected chi connectivity index (χ4v) is 1.49. The number of rotatable bonds is 3. The van der Waals surface area contributed by atoms with Crippen LogP contribution < -0.4 is 5.32 Å². The van der Waals surface area contributed by atoms with E-state index in [4.69, 9.17) is 0 Å². The van der Waals surface area contributed by atoms with Gasteiger partial charge < -0.3 is 5.32 Å². The molecule has 2 aromatic heterocycles. The van der Waals surface area contributed by atoms with Gasteiger partial charge in [-0.3, -0.25) is 4.98 Å². The van der Waals surface area contributed by atoms with Crippen molar-refractivity contribution >= 4 is 5.82 Å². The van der Waals surface area contributed by atoms with E-state index in [0.29, 0.717) is 5.92 Å². The average molecular weight is 228 g/mol. The molecule has 88 valence electrons. The smallest absolute Gasteiger partial charge is 0.125 e. The van der Waals surface area contributed by atoms with E-state index < -0.39 is 0 Å². The van der Waals surface area contributed by atoms with Crippen LogP contribution in [0, 0.1) is 0 Å². The zero-order valence-corrected chi connectivity index (χ0v) is 10.3. The molecule has 0 bridgehead atoms. The molecule has 2 rings (SSSR count). The summed E-state index contributed by atoms with van der Waals surface area (Å²) in [4.78, 5) is 13.1. The van der Waals surface area contributed by atoms with Crippen LogP contribution in [0.2, 0.25) is 0 Å². The van der Waals surface area contributed by atoms with Gasteiger partial charge in [0.1, 0.15) is 5.82 Å². The van der Waals surface area contributed by atoms with Crippen LogP contribution in [-0.4, -0.2) is 22.0 Å². The van der Waals surface area contributed by atoms with E-state index in [0.717, 1.165) is 22.8 Å². The molecule has 0 radical (unpaired) electrons. The summed E-state index contributed by atoms with van der Waals surface area (Å²) in [6.45, 7) is 4.21. The highest BCUT2D eigenvalue weighted by atomic mass is 14.9. The summed E-state index contributed by atoms with van der Waals surface area (Å²) in [6.07, 6.45) is 5.38. The lowest BCUT2D eigenvalue weighted by Gasteiger charge is -2.06. The number of anilines is 1. The summed E-state index contributed by atoms with van der Waals surface area (Å²) in [5, 5.41) is 2.99. The van der Waals surface area contributed by atoms with E-state index in [1.807, 2.05) is 25.4 Å². The summed E-state index contributed by atoms with van der Waals surface area (Å²) in [5.74, 6) is 1.23. The van der Waals surface area contributed by atoms with Crippen molar-refractivity contribution in [3.05, 3.63) is 36.4 Å². The monoisotopic (exact) mass is 228 g/mol. The fraction of sp³-hybridized carbons (Fsp3) is 0.308. The van der Waals surface area contributed by atoms with Crippen LogP contribution in [0.3, 0.4) is 0 Å². The van der Waals surface area contributed by atoms with E-state index >= 15 is 0 Å². The minimum absolute atomic E-state index is 0.381. The number of hydrogen-bond donors (Lipinski definition) is 1. The molecule has 0 saturated heterocycles. The van der Waals surface area contributed by atoms with E-state index in [2.05, 4.69) is 34.1 Å². The van der Waals surface area contributed by atoms with E-state index in [1.165, 1.54) is 0 Å². The molecule has 0 atom stereocenters. The molecule has 0 fully saturated rings. The quantitative estimate of drug-likeness (QED) is 0.877. The zero-order valence-electron chi connectivity index (χ0n) is 10.3. The second kappa shape index (κ2) is 4.91. The van der Waals surface area contributed by atoms with E-state index in [1.54, 1.807) is 12.4 Å². The van der Waals surface area contributed by atoms with Crippen LogP contribution in [0.25, 0.3) is 11.3 Å². The molecule has 4 heteroatoms. The maximum absolute atomic E-state index is 4.58. The third kappa shape index (κ3) is 2.58. The van der Waals surface area contributed by atoms with Crippen LogP contribution in [0.1, 0.15) is 25.5 Å². The van der Waals surface area contributed by atoms with Crippen LogP contribution >= 0.6 is 0 Å². The van der Waals surface area contributed by atoms with Gasteiger partial charge in [0.15, 0.2) is 0 Å². The molecular formula is C13H16N4. The first-order valence-electron chi connectivity index (χ1n) is 5.67. The van der Waals surface area contributed by atoms with E-state index in [-0.39, 0.29) is 0 Å². The van der Waals surface area contributed by atoms with Crippen molar-refractivity contribution in [3.8, 4) is 11.3 Å². The predicted molar refractivity (Wildman–Crippen MR) is 68.9 cm³/mol. The standard InChI is InChI=1S/C13H16N4/c1-9(2)11-7-15-8-12(17-11)10-4-5-13(14-3)16-6-10/h4-9H,1-3H3,(H,14,16). The van der Waals surface area contributed by atoms with Crippen LogP contribution in [-0.2, 0) is 0 Å². The maximum Gasteiger partial charge on any atom is 0.125 e. The van der Waals surface area contributed by atoms with Crippen molar-refractivity contribution in [2.75, 3.05) is 12.4 Å². The summed E-state index contributed by atoms with van der Waals surface area (Å²) in [7, 11) is 1.85.